The second kappa shape index (κ2) is 17.6. The summed E-state index contributed by atoms with van der Waals surface area (Å²) in [5.41, 5.74) is 3.86. The molecule has 0 spiro atoms. The third-order valence-electron chi connectivity index (χ3n) is 4.31. The van der Waals surface area contributed by atoms with Gasteiger partial charge in [0.25, 0.3) is 5.70 Å². The number of ether oxygens (including phenoxy) is 1. The molecule has 173 valence electrons. The average Bonchev–Trinajstić information content (AvgIpc) is 2.82. The van der Waals surface area contributed by atoms with Crippen molar-refractivity contribution >= 4 is 23.5 Å². The molecule has 0 fully saturated rings. The summed E-state index contributed by atoms with van der Waals surface area (Å²) in [4.78, 5) is 17.2. The minimum absolute atomic E-state index is 0. The van der Waals surface area contributed by atoms with E-state index in [9.17, 15) is 4.79 Å². The Morgan fingerprint density at radius 1 is 1.21 bits per heavy atom. The van der Waals surface area contributed by atoms with Crippen LogP contribution in [0.2, 0.25) is 0 Å². The summed E-state index contributed by atoms with van der Waals surface area (Å²) in [6, 6.07) is 17.2. The molecule has 1 N–H and O–H groups in total. The van der Waals surface area contributed by atoms with E-state index in [-0.39, 0.29) is 30.9 Å². The normalized spacial score (nSPS) is 9.82. The fourth-order valence-electron chi connectivity index (χ4n) is 2.66. The van der Waals surface area contributed by atoms with Gasteiger partial charge in [-0.2, -0.15) is 0 Å². The molecule has 0 saturated heterocycles. The van der Waals surface area contributed by atoms with Crippen molar-refractivity contribution in [2.75, 3.05) is 29.9 Å². The number of likely N-dealkylation sites (N-methyl/N-ethyl adjacent to an activating group) is 1. The maximum atomic E-state index is 11.9. The van der Waals surface area contributed by atoms with Crippen molar-refractivity contribution < 1.29 is 28.1 Å². The molecule has 0 aliphatic carbocycles. The molecule has 2 rings (SSSR count). The minimum atomic E-state index is -0.473. The van der Waals surface area contributed by atoms with Crippen molar-refractivity contribution in [3.8, 4) is 12.0 Å². The second-order valence-corrected chi connectivity index (χ2v) is 6.68. The van der Waals surface area contributed by atoms with Crippen molar-refractivity contribution in [3.63, 3.8) is 0 Å². The van der Waals surface area contributed by atoms with E-state index in [1.54, 1.807) is 13.0 Å². The molecule has 7 heteroatoms. The maximum Gasteiger partial charge on any atom is 0.411 e. The number of hydrogen-bond donors (Lipinski definition) is 1. The van der Waals surface area contributed by atoms with Crippen molar-refractivity contribution in [2.45, 2.75) is 20.8 Å². The van der Waals surface area contributed by atoms with Gasteiger partial charge in [0, 0.05) is 36.5 Å². The summed E-state index contributed by atoms with van der Waals surface area (Å²) in [7, 11) is 0. The van der Waals surface area contributed by atoms with Gasteiger partial charge in [0.2, 0.25) is 0 Å². The fraction of sp³-hybridized carbons (Fsp3) is 0.222. The summed E-state index contributed by atoms with van der Waals surface area (Å²) >= 11 is 0. The standard InChI is InChI=1S/C24H24N4O2.C3H3.V/c1-4-28(16-17-30-24(29)27-21-12-8-19(2)9-13-21)23-14-10-20(11-15-23)6-5-7-22(18-25)26-3;1-3-2;/h5-15H,4,16-17H2,1-2H3,(H,27,29);1H3;/q;-1;/b6-5+,22-7-;;. The number of carbonyl (C=O) groups is 1. The first-order valence-corrected chi connectivity index (χ1v) is 10.3. The van der Waals surface area contributed by atoms with Crippen LogP contribution in [-0.2, 0) is 23.3 Å². The van der Waals surface area contributed by atoms with Crippen LogP contribution < -0.4 is 10.2 Å². The molecule has 0 heterocycles. The molecule has 0 aliphatic rings. The van der Waals surface area contributed by atoms with E-state index in [1.165, 1.54) is 6.08 Å². The second-order valence-electron chi connectivity index (χ2n) is 6.68. The summed E-state index contributed by atoms with van der Waals surface area (Å²) in [6.45, 7) is 14.0. The molecule has 0 bridgehead atoms. The Labute approximate surface area is 214 Å². The van der Waals surface area contributed by atoms with Gasteiger partial charge < -0.3 is 22.0 Å². The number of rotatable bonds is 8. The van der Waals surface area contributed by atoms with Crippen molar-refractivity contribution in [1.29, 1.82) is 5.26 Å². The molecule has 0 aromatic heterocycles. The van der Waals surface area contributed by atoms with Crippen LogP contribution in [-0.4, -0.2) is 25.8 Å². The largest absolute Gasteiger partial charge is 0.694 e. The van der Waals surface area contributed by atoms with Crippen LogP contribution in [0, 0.1) is 37.2 Å². The molecule has 0 aliphatic heterocycles. The van der Waals surface area contributed by atoms with Crippen molar-refractivity contribution in [3.05, 3.63) is 95.3 Å². The van der Waals surface area contributed by atoms with Crippen molar-refractivity contribution in [1.82, 2.24) is 0 Å². The Hall–Kier alpha value is -3.89. The number of allylic oxidation sites excluding steroid dienone is 3. The quantitative estimate of drug-likeness (QED) is 0.213. The van der Waals surface area contributed by atoms with Crippen LogP contribution in [0.4, 0.5) is 16.2 Å². The van der Waals surface area contributed by atoms with Gasteiger partial charge in [-0.15, -0.1) is 0 Å². The van der Waals surface area contributed by atoms with Crippen LogP contribution in [0.15, 0.2) is 66.4 Å². The maximum absolute atomic E-state index is 11.9. The van der Waals surface area contributed by atoms with Crippen LogP contribution in [0.25, 0.3) is 10.9 Å². The molecule has 0 unspecified atom stereocenters. The molecule has 1 amide bonds. The number of nitrogens with one attached hydrogen (secondary N) is 1. The summed E-state index contributed by atoms with van der Waals surface area (Å²) in [6.07, 6.45) is 10.5. The zero-order chi connectivity index (χ0) is 24.5. The van der Waals surface area contributed by atoms with Gasteiger partial charge >= 0.3 is 6.09 Å². The van der Waals surface area contributed by atoms with E-state index in [0.29, 0.717) is 12.2 Å². The minimum Gasteiger partial charge on any atom is -0.694 e. The van der Waals surface area contributed by atoms with E-state index in [4.69, 9.17) is 23.0 Å². The first-order valence-electron chi connectivity index (χ1n) is 10.3. The monoisotopic (exact) mass is 490 g/mol. The first-order chi connectivity index (χ1) is 16.0. The number of carbonyl (C=O) groups excluding carboxylic acids is 1. The number of anilines is 2. The van der Waals surface area contributed by atoms with E-state index in [2.05, 4.69) is 15.1 Å². The predicted molar refractivity (Wildman–Crippen MR) is 133 cm³/mol. The molecular weight excluding hydrogens is 463 g/mol. The molecule has 0 saturated carbocycles. The number of nitriles is 1. The third kappa shape index (κ3) is 11.7. The van der Waals surface area contributed by atoms with Crippen LogP contribution in [0.1, 0.15) is 25.0 Å². The Kier molecular flexibility index (Phi) is 15.6. The summed E-state index contributed by atoms with van der Waals surface area (Å²) in [5, 5.41) is 11.4. The Morgan fingerprint density at radius 2 is 1.82 bits per heavy atom. The Balaban J connectivity index is 0.00000258. The van der Waals surface area contributed by atoms with E-state index in [0.717, 1.165) is 23.4 Å². The zero-order valence-electron chi connectivity index (χ0n) is 19.6. The molecule has 2 aromatic carbocycles. The smallest absolute Gasteiger partial charge is 0.411 e. The van der Waals surface area contributed by atoms with E-state index in [1.807, 2.05) is 80.4 Å². The summed E-state index contributed by atoms with van der Waals surface area (Å²) < 4.78 is 5.29. The van der Waals surface area contributed by atoms with Gasteiger partial charge in [0.15, 0.2) is 0 Å². The Bertz CT molecular complexity index is 1050. The summed E-state index contributed by atoms with van der Waals surface area (Å²) in [5.74, 6) is 2.00. The first kappa shape index (κ1) is 30.1. The SMILES string of the molecule is [C-]#CC.[C-]#[N+]/C(C#N)=C\C=C\c1ccc(N(CC)CCOC(=O)Nc2ccc(C)cc2)cc1.[V]. The molecular formula is C27H27N4O2V-. The Morgan fingerprint density at radius 3 is 2.35 bits per heavy atom. The predicted octanol–water partition coefficient (Wildman–Crippen LogP) is 6.00. The van der Waals surface area contributed by atoms with E-state index >= 15 is 0 Å². The topological polar surface area (TPSA) is 69.7 Å². The number of nitrogens with zero attached hydrogens (tertiary/aromatic N) is 3. The molecule has 34 heavy (non-hydrogen) atoms. The number of amides is 1. The molecule has 1 radical (unpaired) electrons. The van der Waals surface area contributed by atoms with Crippen LogP contribution in [0.5, 0.6) is 0 Å². The number of hydrogen-bond acceptors (Lipinski definition) is 4. The van der Waals surface area contributed by atoms with Gasteiger partial charge in [-0.25, -0.2) is 14.9 Å². The average molecular weight is 490 g/mol. The number of aryl methyl sites for hydroxylation is 1. The van der Waals surface area contributed by atoms with Gasteiger partial charge in [0.1, 0.15) is 6.61 Å². The van der Waals surface area contributed by atoms with E-state index < -0.39 is 6.09 Å². The third-order valence-corrected chi connectivity index (χ3v) is 4.31. The molecule has 0 atom stereocenters. The van der Waals surface area contributed by atoms with Gasteiger partial charge in [-0.3, -0.25) is 5.32 Å². The van der Waals surface area contributed by atoms with Crippen molar-refractivity contribution in [2.24, 2.45) is 0 Å². The van der Waals surface area contributed by atoms with Gasteiger partial charge in [-0.1, -0.05) is 42.0 Å². The van der Waals surface area contributed by atoms with Gasteiger partial charge in [-0.05, 0) is 56.7 Å². The zero-order valence-corrected chi connectivity index (χ0v) is 21.0. The fourth-order valence-corrected chi connectivity index (χ4v) is 2.66. The molecule has 6 nitrogen and oxygen atoms in total. The van der Waals surface area contributed by atoms with Gasteiger partial charge in [0.05, 0.1) is 19.2 Å². The van der Waals surface area contributed by atoms with Crippen LogP contribution in [0.3, 0.4) is 0 Å². The molecule has 2 aromatic rings. The number of benzene rings is 2. The van der Waals surface area contributed by atoms with Crippen LogP contribution >= 0.6 is 0 Å².